The highest BCUT2D eigenvalue weighted by molar-refractivity contribution is 9.09. The van der Waals surface area contributed by atoms with E-state index in [2.05, 4.69) is 27.3 Å². The molecule has 0 unspecified atom stereocenters. The molecule has 19 heavy (non-hydrogen) atoms. The van der Waals surface area contributed by atoms with E-state index in [1.165, 1.54) is 0 Å². The normalized spacial score (nSPS) is 15.3. The van der Waals surface area contributed by atoms with E-state index in [-0.39, 0.29) is 5.78 Å². The average molecular weight is 328 g/mol. The summed E-state index contributed by atoms with van der Waals surface area (Å²) in [6, 6.07) is 0. The topological polar surface area (TPSA) is 38.3 Å². The van der Waals surface area contributed by atoms with Crippen LogP contribution in [-0.2, 0) is 9.53 Å². The van der Waals surface area contributed by atoms with Gasteiger partial charge in [-0.3, -0.25) is 4.79 Å². The molecule has 1 N–H and O–H groups in total. The number of ether oxygens (including phenoxy) is 1. The Morgan fingerprint density at radius 3 is 3.11 bits per heavy atom. The lowest BCUT2D eigenvalue weighted by Crippen LogP contribution is -2.07. The monoisotopic (exact) mass is 327 g/mol. The minimum absolute atomic E-state index is 0.0826. The third-order valence-electron chi connectivity index (χ3n) is 2.84. The van der Waals surface area contributed by atoms with Crippen molar-refractivity contribution < 1.29 is 9.53 Å². The van der Waals surface area contributed by atoms with Crippen molar-refractivity contribution in [1.29, 1.82) is 0 Å². The van der Waals surface area contributed by atoms with Crippen molar-refractivity contribution in [2.45, 2.75) is 25.7 Å². The van der Waals surface area contributed by atoms with Crippen LogP contribution in [-0.4, -0.2) is 31.4 Å². The first-order valence-corrected chi connectivity index (χ1v) is 7.81. The molecule has 0 fully saturated rings. The number of alkyl halides is 1. The SMILES string of the molecule is CN/C=C/C(=O)C1=CC(COCCCCBr)=CCC1. The first-order chi connectivity index (χ1) is 9.27. The first-order valence-electron chi connectivity index (χ1n) is 6.69. The van der Waals surface area contributed by atoms with Crippen molar-refractivity contribution in [3.05, 3.63) is 35.6 Å². The van der Waals surface area contributed by atoms with Crippen LogP contribution in [0.3, 0.4) is 0 Å². The molecule has 0 saturated carbocycles. The molecule has 0 aromatic carbocycles. The summed E-state index contributed by atoms with van der Waals surface area (Å²) < 4.78 is 5.61. The molecule has 0 saturated heterocycles. The van der Waals surface area contributed by atoms with Gasteiger partial charge in [-0.25, -0.2) is 0 Å². The second-order valence-electron chi connectivity index (χ2n) is 4.42. The van der Waals surface area contributed by atoms with E-state index in [0.717, 1.165) is 48.8 Å². The second-order valence-corrected chi connectivity index (χ2v) is 5.22. The maximum atomic E-state index is 11.8. The fraction of sp³-hybridized carbons (Fsp3) is 0.533. The smallest absolute Gasteiger partial charge is 0.183 e. The lowest BCUT2D eigenvalue weighted by Gasteiger charge is -2.12. The van der Waals surface area contributed by atoms with Crippen LogP contribution in [0.2, 0.25) is 0 Å². The molecule has 0 aromatic rings. The number of allylic oxidation sites excluding steroid dienone is 3. The molecule has 0 atom stereocenters. The van der Waals surface area contributed by atoms with Crippen LogP contribution in [0.15, 0.2) is 35.6 Å². The number of nitrogens with one attached hydrogen (secondary N) is 1. The molecule has 0 aromatic heterocycles. The molecule has 1 aliphatic rings. The van der Waals surface area contributed by atoms with Crippen LogP contribution >= 0.6 is 15.9 Å². The quantitative estimate of drug-likeness (QED) is 0.401. The molecular weight excluding hydrogens is 306 g/mol. The minimum Gasteiger partial charge on any atom is -0.394 e. The Bertz CT molecular complexity index is 372. The van der Waals surface area contributed by atoms with Gasteiger partial charge in [0, 0.05) is 36.8 Å². The van der Waals surface area contributed by atoms with E-state index < -0.39 is 0 Å². The predicted octanol–water partition coefficient (Wildman–Crippen LogP) is 3.13. The fourth-order valence-corrected chi connectivity index (χ4v) is 2.21. The van der Waals surface area contributed by atoms with Crippen LogP contribution in [0, 0.1) is 0 Å². The zero-order chi connectivity index (χ0) is 13.9. The Balaban J connectivity index is 2.39. The van der Waals surface area contributed by atoms with Gasteiger partial charge >= 0.3 is 0 Å². The Morgan fingerprint density at radius 2 is 2.37 bits per heavy atom. The van der Waals surface area contributed by atoms with Crippen molar-refractivity contribution >= 4 is 21.7 Å². The number of hydrogen-bond donors (Lipinski definition) is 1. The molecule has 0 heterocycles. The van der Waals surface area contributed by atoms with Crippen molar-refractivity contribution in [2.75, 3.05) is 25.6 Å². The van der Waals surface area contributed by atoms with Crippen molar-refractivity contribution in [3.63, 3.8) is 0 Å². The Morgan fingerprint density at radius 1 is 1.53 bits per heavy atom. The van der Waals surface area contributed by atoms with Crippen LogP contribution in [0.25, 0.3) is 0 Å². The van der Waals surface area contributed by atoms with E-state index in [4.69, 9.17) is 4.74 Å². The average Bonchev–Trinajstić information content (AvgIpc) is 2.45. The maximum Gasteiger partial charge on any atom is 0.183 e. The van der Waals surface area contributed by atoms with Crippen LogP contribution in [0.5, 0.6) is 0 Å². The van der Waals surface area contributed by atoms with Crippen LogP contribution in [0.4, 0.5) is 0 Å². The molecule has 0 bridgehead atoms. The van der Waals surface area contributed by atoms with Crippen LogP contribution < -0.4 is 5.32 Å². The molecule has 0 radical (unpaired) electrons. The summed E-state index contributed by atoms with van der Waals surface area (Å²) in [5.41, 5.74) is 1.99. The largest absolute Gasteiger partial charge is 0.394 e. The first kappa shape index (κ1) is 16.2. The highest BCUT2D eigenvalue weighted by atomic mass is 79.9. The zero-order valence-electron chi connectivity index (χ0n) is 11.5. The summed E-state index contributed by atoms with van der Waals surface area (Å²) in [6.45, 7) is 1.38. The number of carbonyl (C=O) groups is 1. The fourth-order valence-electron chi connectivity index (χ4n) is 1.82. The van der Waals surface area contributed by atoms with E-state index in [9.17, 15) is 4.79 Å². The van der Waals surface area contributed by atoms with E-state index in [1.807, 2.05) is 6.08 Å². The van der Waals surface area contributed by atoms with E-state index >= 15 is 0 Å². The highest BCUT2D eigenvalue weighted by Gasteiger charge is 2.10. The summed E-state index contributed by atoms with van der Waals surface area (Å²) in [6.07, 6.45) is 11.3. The number of rotatable bonds is 9. The van der Waals surface area contributed by atoms with Crippen molar-refractivity contribution in [3.8, 4) is 0 Å². The molecule has 0 spiro atoms. The van der Waals surface area contributed by atoms with Gasteiger partial charge in [-0.1, -0.05) is 22.0 Å². The van der Waals surface area contributed by atoms with Gasteiger partial charge in [0.25, 0.3) is 0 Å². The van der Waals surface area contributed by atoms with Crippen molar-refractivity contribution in [2.24, 2.45) is 0 Å². The van der Waals surface area contributed by atoms with Crippen molar-refractivity contribution in [1.82, 2.24) is 5.32 Å². The maximum absolute atomic E-state index is 11.8. The van der Waals surface area contributed by atoms with E-state index in [1.54, 1.807) is 19.3 Å². The molecule has 0 amide bonds. The number of carbonyl (C=O) groups excluding carboxylic acids is 1. The molecule has 3 nitrogen and oxygen atoms in total. The van der Waals surface area contributed by atoms with Gasteiger partial charge in [-0.2, -0.15) is 0 Å². The van der Waals surface area contributed by atoms with Gasteiger partial charge in [0.1, 0.15) is 0 Å². The number of ketones is 1. The zero-order valence-corrected chi connectivity index (χ0v) is 13.0. The van der Waals surface area contributed by atoms with E-state index in [0.29, 0.717) is 6.61 Å². The summed E-state index contributed by atoms with van der Waals surface area (Å²) >= 11 is 3.40. The molecule has 106 valence electrons. The molecular formula is C15H22BrNO2. The molecule has 1 aliphatic carbocycles. The van der Waals surface area contributed by atoms with Gasteiger partial charge in [-0.05, 0) is 37.3 Å². The van der Waals surface area contributed by atoms with Gasteiger partial charge in [0.2, 0.25) is 0 Å². The third kappa shape index (κ3) is 6.73. The Kier molecular flexibility index (Phi) is 8.50. The summed E-state index contributed by atoms with van der Waals surface area (Å²) in [5.74, 6) is 0.0826. The number of halogens is 1. The standard InChI is InChI=1S/C15H22BrNO2/c1-17-9-7-15(18)14-6-4-5-13(11-14)12-19-10-3-2-8-16/h5,7,9,11,17H,2-4,6,8,10,12H2,1H3/b9-7+. The molecule has 4 heteroatoms. The lowest BCUT2D eigenvalue weighted by atomic mass is 9.96. The summed E-state index contributed by atoms with van der Waals surface area (Å²) in [4.78, 5) is 11.8. The Labute approximate surface area is 123 Å². The predicted molar refractivity (Wildman–Crippen MR) is 82.5 cm³/mol. The lowest BCUT2D eigenvalue weighted by molar-refractivity contribution is -0.111. The van der Waals surface area contributed by atoms with Crippen LogP contribution in [0.1, 0.15) is 25.7 Å². The van der Waals surface area contributed by atoms with Gasteiger partial charge in [0.15, 0.2) is 5.78 Å². The third-order valence-corrected chi connectivity index (χ3v) is 3.40. The van der Waals surface area contributed by atoms with Gasteiger partial charge in [-0.15, -0.1) is 0 Å². The molecule has 1 rings (SSSR count). The highest BCUT2D eigenvalue weighted by Crippen LogP contribution is 2.18. The summed E-state index contributed by atoms with van der Waals surface area (Å²) in [5, 5.41) is 3.85. The number of unbranched alkanes of at least 4 members (excludes halogenated alkanes) is 1. The second kappa shape index (κ2) is 9.98. The molecule has 0 aliphatic heterocycles. The number of hydrogen-bond acceptors (Lipinski definition) is 3. The van der Waals surface area contributed by atoms with Gasteiger partial charge < -0.3 is 10.1 Å². The van der Waals surface area contributed by atoms with Gasteiger partial charge in [0.05, 0.1) is 6.61 Å². The summed E-state index contributed by atoms with van der Waals surface area (Å²) in [7, 11) is 1.78. The Hall–Kier alpha value is -0.870. The minimum atomic E-state index is 0.0826.